The molecule has 0 fully saturated rings. The standard InChI is InChI=1S/CH3IN2S/c1-3-4-5-2/h1H3. The van der Waals surface area contributed by atoms with E-state index in [1.165, 1.54) is 9.12 Å². The van der Waals surface area contributed by atoms with Crippen LogP contribution in [-0.4, -0.2) is 7.05 Å². The average molecular weight is 202 g/mol. The maximum Gasteiger partial charge on any atom is 0.0702 e. The number of nitrogens with zero attached hydrogens (tertiary/aromatic N) is 2. The van der Waals surface area contributed by atoms with E-state index in [0.717, 1.165) is 0 Å². The molecule has 0 saturated carbocycles. The smallest absolute Gasteiger partial charge is 0.0702 e. The largest absolute Gasteiger partial charge is 0.185 e. The van der Waals surface area contributed by atoms with Crippen LogP contribution in [0.15, 0.2) is 9.63 Å². The molecule has 0 radical (unpaired) electrons. The van der Waals surface area contributed by atoms with Gasteiger partial charge in [-0.1, -0.05) is 0 Å². The molecule has 0 N–H and O–H groups in total. The SMILES string of the molecule is CN=NSI. The highest BCUT2D eigenvalue weighted by Crippen LogP contribution is 2.10. The topological polar surface area (TPSA) is 24.7 Å². The molecule has 0 saturated heterocycles. The molecule has 2 nitrogen and oxygen atoms in total. The third kappa shape index (κ3) is 4.68. The summed E-state index contributed by atoms with van der Waals surface area (Å²) in [6.45, 7) is 0. The summed E-state index contributed by atoms with van der Waals surface area (Å²) >= 11 is 2.04. The van der Waals surface area contributed by atoms with Crippen LogP contribution in [0.4, 0.5) is 0 Å². The maximum atomic E-state index is 3.50. The molecule has 5 heavy (non-hydrogen) atoms. The van der Waals surface area contributed by atoms with Crippen LogP contribution in [0.5, 0.6) is 0 Å². The Hall–Kier alpha value is 0.680. The fraction of sp³-hybridized carbons (Fsp3) is 1.00. The molecule has 0 aromatic heterocycles. The molecule has 0 aromatic carbocycles. The highest BCUT2D eigenvalue weighted by molar-refractivity contribution is 14.2. The monoisotopic (exact) mass is 202 g/mol. The Morgan fingerprint density at radius 2 is 2.40 bits per heavy atom. The van der Waals surface area contributed by atoms with E-state index in [1.54, 1.807) is 7.05 Å². The van der Waals surface area contributed by atoms with Gasteiger partial charge < -0.3 is 0 Å². The van der Waals surface area contributed by atoms with Crippen molar-refractivity contribution in [1.82, 2.24) is 0 Å². The number of halogens is 1. The van der Waals surface area contributed by atoms with Crippen LogP contribution >= 0.6 is 30.3 Å². The summed E-state index contributed by atoms with van der Waals surface area (Å²) in [5.41, 5.74) is 0. The van der Waals surface area contributed by atoms with Gasteiger partial charge in [-0.25, -0.2) is 0 Å². The van der Waals surface area contributed by atoms with Gasteiger partial charge in [0, 0.05) is 28.3 Å². The van der Waals surface area contributed by atoms with Crippen LogP contribution in [0.3, 0.4) is 0 Å². The maximum absolute atomic E-state index is 3.50. The van der Waals surface area contributed by atoms with Crippen molar-refractivity contribution in [1.29, 1.82) is 0 Å². The van der Waals surface area contributed by atoms with E-state index in [-0.39, 0.29) is 0 Å². The van der Waals surface area contributed by atoms with Crippen molar-refractivity contribution >= 4 is 30.3 Å². The van der Waals surface area contributed by atoms with Gasteiger partial charge in [0.15, 0.2) is 0 Å². The van der Waals surface area contributed by atoms with E-state index >= 15 is 0 Å². The lowest BCUT2D eigenvalue weighted by molar-refractivity contribution is 1.26. The lowest BCUT2D eigenvalue weighted by atomic mass is 11.6. The first kappa shape index (κ1) is 5.68. The quantitative estimate of drug-likeness (QED) is 0.363. The minimum Gasteiger partial charge on any atom is -0.185 e. The predicted octanol–water partition coefficient (Wildman–Crippen LogP) is 2.07. The molecule has 0 aliphatic heterocycles. The number of hydrogen-bond acceptors (Lipinski definition) is 3. The molecule has 0 atom stereocenters. The first-order valence-corrected chi connectivity index (χ1v) is 4.30. The van der Waals surface area contributed by atoms with Crippen molar-refractivity contribution in [3.8, 4) is 0 Å². The van der Waals surface area contributed by atoms with Crippen LogP contribution < -0.4 is 0 Å². The molecule has 4 heteroatoms. The van der Waals surface area contributed by atoms with Gasteiger partial charge in [0.25, 0.3) is 0 Å². The highest BCUT2D eigenvalue weighted by Gasteiger charge is 1.56. The molecule has 0 aliphatic carbocycles. The highest BCUT2D eigenvalue weighted by atomic mass is 127. The fourth-order valence-corrected chi connectivity index (χ4v) is 0.621. The van der Waals surface area contributed by atoms with Crippen LogP contribution in [0.2, 0.25) is 0 Å². The van der Waals surface area contributed by atoms with Gasteiger partial charge in [-0.3, -0.25) is 0 Å². The van der Waals surface area contributed by atoms with Crippen LogP contribution in [0.25, 0.3) is 0 Å². The zero-order chi connectivity index (χ0) is 4.12. The first-order chi connectivity index (χ1) is 2.41. The molecule has 30 valence electrons. The van der Waals surface area contributed by atoms with Gasteiger partial charge in [0.05, 0.1) is 9.12 Å². The number of hydrogen-bond donors (Lipinski definition) is 0. The van der Waals surface area contributed by atoms with E-state index in [9.17, 15) is 0 Å². The second kappa shape index (κ2) is 4.68. The Labute approximate surface area is 47.2 Å². The average Bonchev–Trinajstić information content (AvgIpc) is 1.41. The van der Waals surface area contributed by atoms with Crippen molar-refractivity contribution in [2.45, 2.75) is 0 Å². The second-order valence-corrected chi connectivity index (χ2v) is 1.83. The molecule has 0 amide bonds. The lowest BCUT2D eigenvalue weighted by Gasteiger charge is -1.62. The van der Waals surface area contributed by atoms with Crippen LogP contribution in [0.1, 0.15) is 0 Å². The summed E-state index contributed by atoms with van der Waals surface area (Å²) in [5, 5.41) is 3.43. The summed E-state index contributed by atoms with van der Waals surface area (Å²) in [5.74, 6) is 0. The fourth-order valence-electron chi connectivity index (χ4n) is 0.0309. The minimum atomic E-state index is 1.33. The zero-order valence-electron chi connectivity index (χ0n) is 2.68. The van der Waals surface area contributed by atoms with Crippen molar-refractivity contribution in [2.75, 3.05) is 7.05 Å². The molecule has 0 aromatic rings. The molecule has 0 rings (SSSR count). The Morgan fingerprint density at radius 1 is 1.80 bits per heavy atom. The molecular weight excluding hydrogens is 199 g/mol. The number of rotatable bonds is 1. The molecule has 0 bridgehead atoms. The molecule has 0 aliphatic rings. The van der Waals surface area contributed by atoms with Crippen LogP contribution in [0, 0.1) is 0 Å². The summed E-state index contributed by atoms with van der Waals surface area (Å²) in [4.78, 5) is 0. The van der Waals surface area contributed by atoms with Gasteiger partial charge in [0.2, 0.25) is 0 Å². The van der Waals surface area contributed by atoms with Gasteiger partial charge in [-0.15, -0.1) is 4.52 Å². The summed E-state index contributed by atoms with van der Waals surface area (Å²) in [7, 11) is 2.97. The summed E-state index contributed by atoms with van der Waals surface area (Å²) in [6, 6.07) is 0. The molecule has 0 spiro atoms. The molecule has 0 unspecified atom stereocenters. The Morgan fingerprint density at radius 3 is 2.40 bits per heavy atom. The Kier molecular flexibility index (Phi) is 5.32. The second-order valence-electron chi connectivity index (χ2n) is 0.351. The predicted molar refractivity (Wildman–Crippen MR) is 32.4 cm³/mol. The zero-order valence-corrected chi connectivity index (χ0v) is 5.65. The molecule has 0 heterocycles. The van der Waals surface area contributed by atoms with Crippen molar-refractivity contribution < 1.29 is 0 Å². The lowest BCUT2D eigenvalue weighted by Crippen LogP contribution is -1.31. The van der Waals surface area contributed by atoms with Crippen LogP contribution in [-0.2, 0) is 0 Å². The third-order valence-electron chi connectivity index (χ3n) is 0.113. The third-order valence-corrected chi connectivity index (χ3v) is 0.866. The van der Waals surface area contributed by atoms with E-state index in [4.69, 9.17) is 0 Å². The van der Waals surface area contributed by atoms with E-state index in [2.05, 4.69) is 9.63 Å². The van der Waals surface area contributed by atoms with Gasteiger partial charge >= 0.3 is 0 Å². The van der Waals surface area contributed by atoms with Gasteiger partial charge in [0.1, 0.15) is 0 Å². The summed E-state index contributed by atoms with van der Waals surface area (Å²) in [6.07, 6.45) is 0. The van der Waals surface area contributed by atoms with Gasteiger partial charge in [-0.2, -0.15) is 5.11 Å². The minimum absolute atomic E-state index is 1.33. The van der Waals surface area contributed by atoms with Crippen molar-refractivity contribution in [3.05, 3.63) is 0 Å². The Bertz CT molecular complexity index is 36.6. The van der Waals surface area contributed by atoms with E-state index < -0.39 is 0 Å². The molecular formula is CH3IN2S. The van der Waals surface area contributed by atoms with E-state index in [1.807, 2.05) is 21.2 Å². The van der Waals surface area contributed by atoms with Crippen molar-refractivity contribution in [2.24, 2.45) is 9.63 Å². The van der Waals surface area contributed by atoms with E-state index in [0.29, 0.717) is 0 Å². The van der Waals surface area contributed by atoms with Gasteiger partial charge in [-0.05, 0) is 0 Å². The Balaban J connectivity index is 2.62. The summed E-state index contributed by atoms with van der Waals surface area (Å²) < 4.78 is 3.50. The van der Waals surface area contributed by atoms with Crippen molar-refractivity contribution in [3.63, 3.8) is 0 Å². The normalized spacial score (nSPS) is 10.0. The first-order valence-electron chi connectivity index (χ1n) is 0.984.